The molecule has 0 bridgehead atoms. The van der Waals surface area contributed by atoms with Gasteiger partial charge in [-0.05, 0) is 38.1 Å². The van der Waals surface area contributed by atoms with Gasteiger partial charge < -0.3 is 9.47 Å². The standard InChI is InChI=1S/C17H20N2O4S/c1-12-5-8-15(9-6-12)24(20,21)19-18-13(2)16-10-7-14(22-3)11-17(16)23-4/h5-11,19H,1-4H3/b18-13-. The van der Waals surface area contributed by atoms with Crippen molar-refractivity contribution in [3.8, 4) is 11.5 Å². The van der Waals surface area contributed by atoms with E-state index in [2.05, 4.69) is 9.93 Å². The number of sulfonamides is 1. The van der Waals surface area contributed by atoms with E-state index in [-0.39, 0.29) is 4.90 Å². The molecule has 0 saturated carbocycles. The van der Waals surface area contributed by atoms with E-state index < -0.39 is 10.0 Å². The van der Waals surface area contributed by atoms with Crippen LogP contribution >= 0.6 is 0 Å². The molecule has 0 aliphatic carbocycles. The summed E-state index contributed by atoms with van der Waals surface area (Å²) in [5.41, 5.74) is 2.13. The van der Waals surface area contributed by atoms with Crippen LogP contribution in [0, 0.1) is 6.92 Å². The maximum atomic E-state index is 12.3. The van der Waals surface area contributed by atoms with Crippen LogP contribution in [0.3, 0.4) is 0 Å². The molecule has 2 aromatic carbocycles. The minimum atomic E-state index is -3.72. The van der Waals surface area contributed by atoms with E-state index in [0.717, 1.165) is 5.56 Å². The first kappa shape index (κ1) is 17.8. The quantitative estimate of drug-likeness (QED) is 0.643. The fourth-order valence-electron chi connectivity index (χ4n) is 2.06. The number of aryl methyl sites for hydroxylation is 1. The molecule has 0 radical (unpaired) electrons. The lowest BCUT2D eigenvalue weighted by Gasteiger charge is -2.10. The molecular formula is C17H20N2O4S. The number of hydrogen-bond acceptors (Lipinski definition) is 5. The van der Waals surface area contributed by atoms with Gasteiger partial charge in [0.1, 0.15) is 11.5 Å². The zero-order chi connectivity index (χ0) is 17.7. The number of rotatable bonds is 6. The van der Waals surface area contributed by atoms with E-state index in [9.17, 15) is 8.42 Å². The van der Waals surface area contributed by atoms with Crippen LogP contribution in [0.15, 0.2) is 52.5 Å². The highest BCUT2D eigenvalue weighted by Gasteiger charge is 2.14. The average Bonchev–Trinajstić information content (AvgIpc) is 2.59. The van der Waals surface area contributed by atoms with E-state index in [0.29, 0.717) is 22.8 Å². The summed E-state index contributed by atoms with van der Waals surface area (Å²) in [5.74, 6) is 1.19. The van der Waals surface area contributed by atoms with Crippen molar-refractivity contribution in [2.24, 2.45) is 5.10 Å². The highest BCUT2D eigenvalue weighted by Crippen LogP contribution is 2.25. The molecule has 1 N–H and O–H groups in total. The number of nitrogens with one attached hydrogen (secondary N) is 1. The number of ether oxygens (including phenoxy) is 2. The molecule has 2 rings (SSSR count). The molecule has 2 aromatic rings. The normalized spacial score (nSPS) is 11.9. The van der Waals surface area contributed by atoms with Crippen LogP contribution < -0.4 is 14.3 Å². The predicted molar refractivity (Wildman–Crippen MR) is 93.3 cm³/mol. The molecule has 0 aliphatic rings. The molecule has 7 heteroatoms. The lowest BCUT2D eigenvalue weighted by atomic mass is 10.1. The Morgan fingerprint density at radius 1 is 1.04 bits per heavy atom. The van der Waals surface area contributed by atoms with Gasteiger partial charge in [-0.1, -0.05) is 17.7 Å². The molecular weight excluding hydrogens is 328 g/mol. The third-order valence-electron chi connectivity index (χ3n) is 3.46. The predicted octanol–water partition coefficient (Wildman–Crippen LogP) is 2.71. The summed E-state index contributed by atoms with van der Waals surface area (Å²) >= 11 is 0. The molecule has 0 amide bonds. The third kappa shape index (κ3) is 4.05. The van der Waals surface area contributed by atoms with E-state index in [1.54, 1.807) is 44.4 Å². The highest BCUT2D eigenvalue weighted by molar-refractivity contribution is 7.89. The fraction of sp³-hybridized carbons (Fsp3) is 0.235. The van der Waals surface area contributed by atoms with E-state index in [4.69, 9.17) is 9.47 Å². The van der Waals surface area contributed by atoms with Crippen LogP contribution in [-0.4, -0.2) is 28.3 Å². The monoisotopic (exact) mass is 348 g/mol. The van der Waals surface area contributed by atoms with Gasteiger partial charge in [-0.3, -0.25) is 0 Å². The van der Waals surface area contributed by atoms with Gasteiger partial charge in [0, 0.05) is 11.6 Å². The first-order chi connectivity index (χ1) is 11.4. The van der Waals surface area contributed by atoms with E-state index >= 15 is 0 Å². The van der Waals surface area contributed by atoms with Crippen LogP contribution in [0.25, 0.3) is 0 Å². The van der Waals surface area contributed by atoms with Gasteiger partial charge in [-0.25, -0.2) is 0 Å². The summed E-state index contributed by atoms with van der Waals surface area (Å²) in [5, 5.41) is 3.99. The van der Waals surface area contributed by atoms with Gasteiger partial charge in [0.2, 0.25) is 0 Å². The second-order valence-electron chi connectivity index (χ2n) is 5.17. The van der Waals surface area contributed by atoms with Gasteiger partial charge in [-0.15, -0.1) is 0 Å². The first-order valence-electron chi connectivity index (χ1n) is 7.22. The van der Waals surface area contributed by atoms with Crippen LogP contribution in [0.5, 0.6) is 11.5 Å². The van der Waals surface area contributed by atoms with Gasteiger partial charge in [0.15, 0.2) is 0 Å². The zero-order valence-electron chi connectivity index (χ0n) is 14.0. The van der Waals surface area contributed by atoms with Gasteiger partial charge in [0.25, 0.3) is 10.0 Å². The molecule has 0 aliphatic heterocycles. The van der Waals surface area contributed by atoms with Crippen molar-refractivity contribution in [2.75, 3.05) is 14.2 Å². The SMILES string of the molecule is COc1ccc(/C(C)=N\NS(=O)(=O)c2ccc(C)cc2)c(OC)c1. The lowest BCUT2D eigenvalue weighted by Crippen LogP contribution is -2.20. The molecule has 0 unspecified atom stereocenters. The maximum Gasteiger partial charge on any atom is 0.276 e. The molecule has 0 saturated heterocycles. The number of methoxy groups -OCH3 is 2. The number of benzene rings is 2. The maximum absolute atomic E-state index is 12.3. The summed E-state index contributed by atoms with van der Waals surface area (Å²) in [6.07, 6.45) is 0. The topological polar surface area (TPSA) is 77.0 Å². The molecule has 0 heterocycles. The Labute approximate surface area is 142 Å². The van der Waals surface area contributed by atoms with Crippen molar-refractivity contribution in [1.29, 1.82) is 0 Å². The van der Waals surface area contributed by atoms with Gasteiger partial charge in [-0.2, -0.15) is 18.4 Å². The minimum Gasteiger partial charge on any atom is -0.497 e. The Hall–Kier alpha value is -2.54. The van der Waals surface area contributed by atoms with Crippen molar-refractivity contribution in [3.63, 3.8) is 0 Å². The van der Waals surface area contributed by atoms with Crippen molar-refractivity contribution in [1.82, 2.24) is 4.83 Å². The number of hydrazone groups is 1. The van der Waals surface area contributed by atoms with Crippen LogP contribution in [0.2, 0.25) is 0 Å². The van der Waals surface area contributed by atoms with Crippen LogP contribution in [0.1, 0.15) is 18.1 Å². The average molecular weight is 348 g/mol. The Balaban J connectivity index is 2.27. The van der Waals surface area contributed by atoms with Crippen LogP contribution in [0.4, 0.5) is 0 Å². The Kier molecular flexibility index (Phi) is 5.46. The summed E-state index contributed by atoms with van der Waals surface area (Å²) < 4.78 is 35.0. The highest BCUT2D eigenvalue weighted by atomic mass is 32.2. The second-order valence-corrected chi connectivity index (χ2v) is 6.83. The summed E-state index contributed by atoms with van der Waals surface area (Å²) in [7, 11) is -0.625. The molecule has 128 valence electrons. The number of hydrogen-bond donors (Lipinski definition) is 1. The van der Waals surface area contributed by atoms with Crippen molar-refractivity contribution < 1.29 is 17.9 Å². The summed E-state index contributed by atoms with van der Waals surface area (Å²) in [4.78, 5) is 2.40. The van der Waals surface area contributed by atoms with Gasteiger partial charge in [0.05, 0.1) is 24.8 Å². The van der Waals surface area contributed by atoms with E-state index in [1.807, 2.05) is 6.92 Å². The molecule has 24 heavy (non-hydrogen) atoms. The summed E-state index contributed by atoms with van der Waals surface area (Å²) in [6.45, 7) is 3.59. The van der Waals surface area contributed by atoms with Crippen molar-refractivity contribution >= 4 is 15.7 Å². The van der Waals surface area contributed by atoms with Crippen LogP contribution in [-0.2, 0) is 10.0 Å². The smallest absolute Gasteiger partial charge is 0.276 e. The van der Waals surface area contributed by atoms with Crippen molar-refractivity contribution in [3.05, 3.63) is 53.6 Å². The van der Waals surface area contributed by atoms with Crippen molar-refractivity contribution in [2.45, 2.75) is 18.7 Å². The molecule has 0 atom stereocenters. The molecule has 6 nitrogen and oxygen atoms in total. The summed E-state index contributed by atoms with van der Waals surface area (Å²) in [6, 6.07) is 11.8. The second kappa shape index (κ2) is 7.35. The first-order valence-corrected chi connectivity index (χ1v) is 8.71. The lowest BCUT2D eigenvalue weighted by molar-refractivity contribution is 0.394. The number of nitrogens with zero attached hydrogens (tertiary/aromatic N) is 1. The minimum absolute atomic E-state index is 0.159. The zero-order valence-corrected chi connectivity index (χ0v) is 14.8. The molecule has 0 fully saturated rings. The Morgan fingerprint density at radius 2 is 1.71 bits per heavy atom. The Morgan fingerprint density at radius 3 is 2.29 bits per heavy atom. The fourth-order valence-corrected chi connectivity index (χ4v) is 2.91. The largest absolute Gasteiger partial charge is 0.497 e. The molecule has 0 aromatic heterocycles. The Bertz CT molecular complexity index is 843. The third-order valence-corrected chi connectivity index (χ3v) is 4.69. The van der Waals surface area contributed by atoms with Gasteiger partial charge >= 0.3 is 0 Å². The molecule has 0 spiro atoms. The van der Waals surface area contributed by atoms with E-state index in [1.165, 1.54) is 19.2 Å².